The first kappa shape index (κ1) is 12.2. The lowest BCUT2D eigenvalue weighted by atomic mass is 10.1. The van der Waals surface area contributed by atoms with Crippen LogP contribution < -0.4 is 5.32 Å². The maximum Gasteiger partial charge on any atom is 0.169 e. The van der Waals surface area contributed by atoms with Gasteiger partial charge in [0, 0.05) is 13.1 Å². The van der Waals surface area contributed by atoms with Crippen molar-refractivity contribution >= 4 is 17.3 Å². The van der Waals surface area contributed by atoms with Crippen molar-refractivity contribution in [2.24, 2.45) is 0 Å². The number of nitrogens with one attached hydrogen (secondary N) is 1. The lowest BCUT2D eigenvalue weighted by Gasteiger charge is -2.25. The Morgan fingerprint density at radius 2 is 1.63 bits per heavy atom. The van der Waals surface area contributed by atoms with Crippen LogP contribution in [0.4, 0.5) is 0 Å². The van der Waals surface area contributed by atoms with Gasteiger partial charge in [0.25, 0.3) is 0 Å². The first-order valence-electron chi connectivity index (χ1n) is 6.48. The van der Waals surface area contributed by atoms with Gasteiger partial charge in [-0.05, 0) is 23.3 Å². The molecule has 0 unspecified atom stereocenters. The molecule has 19 heavy (non-hydrogen) atoms. The summed E-state index contributed by atoms with van der Waals surface area (Å²) in [6.07, 6.45) is 0. The highest BCUT2D eigenvalue weighted by atomic mass is 32.1. The molecule has 0 spiro atoms. The smallest absolute Gasteiger partial charge is 0.169 e. The number of benzene rings is 2. The monoisotopic (exact) mass is 268 g/mol. The highest BCUT2D eigenvalue weighted by Crippen LogP contribution is 2.26. The van der Waals surface area contributed by atoms with Crippen molar-refractivity contribution < 1.29 is 0 Å². The highest BCUT2D eigenvalue weighted by Gasteiger charge is 2.28. The molecule has 0 bridgehead atoms. The summed E-state index contributed by atoms with van der Waals surface area (Å²) < 4.78 is 0. The van der Waals surface area contributed by atoms with E-state index in [1.807, 2.05) is 12.1 Å². The first-order chi connectivity index (χ1) is 9.34. The molecule has 1 heterocycles. The quantitative estimate of drug-likeness (QED) is 0.861. The molecule has 2 nitrogen and oxygen atoms in total. The maximum atomic E-state index is 5.43. The molecular formula is C16H16N2S. The second kappa shape index (κ2) is 5.41. The zero-order valence-electron chi connectivity index (χ0n) is 10.6. The fourth-order valence-electron chi connectivity index (χ4n) is 2.47. The van der Waals surface area contributed by atoms with E-state index in [9.17, 15) is 0 Å². The molecule has 2 aromatic carbocycles. The first-order valence-corrected chi connectivity index (χ1v) is 6.89. The molecule has 1 fully saturated rings. The molecule has 1 aliphatic rings. The molecule has 1 N–H and O–H groups in total. The Bertz CT molecular complexity index is 553. The Morgan fingerprint density at radius 1 is 1.00 bits per heavy atom. The summed E-state index contributed by atoms with van der Waals surface area (Å²) in [5.74, 6) is 0. The van der Waals surface area contributed by atoms with Gasteiger partial charge in [-0.3, -0.25) is 0 Å². The molecule has 0 aliphatic carbocycles. The summed E-state index contributed by atoms with van der Waals surface area (Å²) in [4.78, 5) is 2.26. The number of hydrogen-bond donors (Lipinski definition) is 1. The summed E-state index contributed by atoms with van der Waals surface area (Å²) in [6, 6.07) is 21.3. The van der Waals surface area contributed by atoms with Crippen LogP contribution >= 0.6 is 12.2 Å². The van der Waals surface area contributed by atoms with Crippen LogP contribution in [0.2, 0.25) is 0 Å². The van der Waals surface area contributed by atoms with Gasteiger partial charge in [-0.1, -0.05) is 60.7 Å². The lowest BCUT2D eigenvalue weighted by molar-refractivity contribution is 0.354. The third kappa shape index (κ3) is 2.61. The molecular weight excluding hydrogens is 252 g/mol. The van der Waals surface area contributed by atoms with Crippen LogP contribution in [-0.2, 0) is 6.54 Å². The van der Waals surface area contributed by atoms with Crippen molar-refractivity contribution in [2.45, 2.75) is 12.6 Å². The fourth-order valence-corrected chi connectivity index (χ4v) is 2.75. The molecule has 0 aromatic heterocycles. The van der Waals surface area contributed by atoms with Gasteiger partial charge in [0.05, 0.1) is 6.04 Å². The number of thiocarbonyl (C=S) groups is 1. The highest BCUT2D eigenvalue weighted by molar-refractivity contribution is 7.80. The molecule has 3 heteroatoms. The zero-order valence-corrected chi connectivity index (χ0v) is 11.4. The van der Waals surface area contributed by atoms with Crippen molar-refractivity contribution in [1.82, 2.24) is 10.2 Å². The minimum atomic E-state index is 0.328. The second-order valence-corrected chi connectivity index (χ2v) is 5.11. The molecule has 1 aliphatic heterocycles. The molecule has 96 valence electrons. The Balaban J connectivity index is 1.83. The normalized spacial score (nSPS) is 18.4. The average Bonchev–Trinajstić information content (AvgIpc) is 2.82. The zero-order chi connectivity index (χ0) is 13.1. The van der Waals surface area contributed by atoms with E-state index >= 15 is 0 Å². The van der Waals surface area contributed by atoms with Gasteiger partial charge >= 0.3 is 0 Å². The molecule has 1 saturated heterocycles. The second-order valence-electron chi connectivity index (χ2n) is 4.73. The summed E-state index contributed by atoms with van der Waals surface area (Å²) in [7, 11) is 0. The largest absolute Gasteiger partial charge is 0.360 e. The van der Waals surface area contributed by atoms with Gasteiger partial charge in [0.2, 0.25) is 0 Å². The Morgan fingerprint density at radius 3 is 2.32 bits per heavy atom. The van der Waals surface area contributed by atoms with Gasteiger partial charge in [-0.25, -0.2) is 0 Å². The van der Waals surface area contributed by atoms with Crippen molar-refractivity contribution in [3.8, 4) is 0 Å². The van der Waals surface area contributed by atoms with E-state index < -0.39 is 0 Å². The predicted molar refractivity (Wildman–Crippen MR) is 81.8 cm³/mol. The molecule has 0 amide bonds. The Labute approximate surface area is 119 Å². The SMILES string of the molecule is S=C1NC[C@H](c2ccccc2)N1Cc1ccccc1. The molecule has 1 atom stereocenters. The minimum absolute atomic E-state index is 0.328. The van der Waals surface area contributed by atoms with E-state index in [0.717, 1.165) is 18.2 Å². The molecule has 3 rings (SSSR count). The van der Waals surface area contributed by atoms with Crippen LogP contribution in [0.25, 0.3) is 0 Å². The van der Waals surface area contributed by atoms with Crippen LogP contribution in [0, 0.1) is 0 Å². The van der Waals surface area contributed by atoms with Gasteiger partial charge in [-0.2, -0.15) is 0 Å². The van der Waals surface area contributed by atoms with E-state index in [-0.39, 0.29) is 0 Å². The minimum Gasteiger partial charge on any atom is -0.360 e. The van der Waals surface area contributed by atoms with Crippen molar-refractivity contribution in [3.63, 3.8) is 0 Å². The molecule has 0 saturated carbocycles. The number of rotatable bonds is 3. The molecule has 2 aromatic rings. The Kier molecular flexibility index (Phi) is 3.47. The maximum absolute atomic E-state index is 5.43. The summed E-state index contributed by atoms with van der Waals surface area (Å²) >= 11 is 5.43. The molecule has 0 radical (unpaired) electrons. The van der Waals surface area contributed by atoms with Gasteiger partial charge < -0.3 is 10.2 Å². The van der Waals surface area contributed by atoms with Crippen molar-refractivity contribution in [1.29, 1.82) is 0 Å². The summed E-state index contributed by atoms with van der Waals surface area (Å²) in [6.45, 7) is 1.74. The van der Waals surface area contributed by atoms with E-state index in [2.05, 4.69) is 58.7 Å². The van der Waals surface area contributed by atoms with Crippen LogP contribution in [-0.4, -0.2) is 16.6 Å². The van der Waals surface area contributed by atoms with Crippen LogP contribution in [0.15, 0.2) is 60.7 Å². The van der Waals surface area contributed by atoms with Crippen molar-refractivity contribution in [2.75, 3.05) is 6.54 Å². The summed E-state index contributed by atoms with van der Waals surface area (Å²) in [5.41, 5.74) is 2.60. The fraction of sp³-hybridized carbons (Fsp3) is 0.188. The van der Waals surface area contributed by atoms with Crippen LogP contribution in [0.3, 0.4) is 0 Å². The van der Waals surface area contributed by atoms with Gasteiger partial charge in [0.1, 0.15) is 0 Å². The number of nitrogens with zero attached hydrogens (tertiary/aromatic N) is 1. The predicted octanol–water partition coefficient (Wildman–Crippen LogP) is 3.12. The Hall–Kier alpha value is -1.87. The van der Waals surface area contributed by atoms with Gasteiger partial charge in [-0.15, -0.1) is 0 Å². The van der Waals surface area contributed by atoms with Crippen LogP contribution in [0.5, 0.6) is 0 Å². The van der Waals surface area contributed by atoms with Crippen molar-refractivity contribution in [3.05, 3.63) is 71.8 Å². The van der Waals surface area contributed by atoms with Crippen LogP contribution in [0.1, 0.15) is 17.2 Å². The van der Waals surface area contributed by atoms with E-state index in [1.54, 1.807) is 0 Å². The van der Waals surface area contributed by atoms with Gasteiger partial charge in [0.15, 0.2) is 5.11 Å². The average molecular weight is 268 g/mol. The summed E-state index contributed by atoms with van der Waals surface area (Å²) in [5, 5.41) is 4.14. The number of hydrogen-bond acceptors (Lipinski definition) is 1. The third-order valence-electron chi connectivity index (χ3n) is 3.46. The standard InChI is InChI=1S/C16H16N2S/c19-16-17-11-15(14-9-5-2-6-10-14)18(16)12-13-7-3-1-4-8-13/h1-10,15H,11-12H2,(H,17,19)/t15-/m1/s1. The van der Waals surface area contributed by atoms with E-state index in [0.29, 0.717) is 6.04 Å². The third-order valence-corrected chi connectivity index (χ3v) is 3.84. The van der Waals surface area contributed by atoms with E-state index in [4.69, 9.17) is 12.2 Å². The lowest BCUT2D eigenvalue weighted by Crippen LogP contribution is -2.29. The van der Waals surface area contributed by atoms with E-state index in [1.165, 1.54) is 11.1 Å². The topological polar surface area (TPSA) is 15.3 Å².